The number of hydrogen-bond donors (Lipinski definition) is 4. The summed E-state index contributed by atoms with van der Waals surface area (Å²) in [4.78, 5) is 69.4. The van der Waals surface area contributed by atoms with Crippen LogP contribution in [-0.4, -0.2) is 56.7 Å². The quantitative estimate of drug-likeness (QED) is 0.325. The molecule has 11 heteroatoms. The number of phenolic OH excluding ortho intramolecular Hbond substituents is 1. The lowest BCUT2D eigenvalue weighted by Gasteiger charge is -2.31. The number of aliphatic hydroxyl groups excluding tert-OH is 2. The Morgan fingerprint density at radius 1 is 1.10 bits per heavy atom. The Bertz CT molecular complexity index is 1890. The van der Waals surface area contributed by atoms with Crippen molar-refractivity contribution in [2.75, 3.05) is 7.11 Å². The summed E-state index contributed by atoms with van der Waals surface area (Å²) in [6.07, 6.45) is 4.85. The molecule has 208 valence electrons. The van der Waals surface area contributed by atoms with Gasteiger partial charge in [0.05, 0.1) is 35.7 Å². The van der Waals surface area contributed by atoms with Crippen molar-refractivity contribution >= 4 is 40.0 Å². The molecule has 0 amide bonds. The van der Waals surface area contributed by atoms with Gasteiger partial charge >= 0.3 is 0 Å². The molecule has 2 aromatic rings. The highest BCUT2D eigenvalue weighted by Gasteiger charge is 2.65. The molecule has 0 fully saturated rings. The Labute approximate surface area is 230 Å². The van der Waals surface area contributed by atoms with Crippen molar-refractivity contribution in [2.45, 2.75) is 31.3 Å². The molecule has 0 radical (unpaired) electrons. The van der Waals surface area contributed by atoms with Gasteiger partial charge in [-0.3, -0.25) is 24.0 Å². The second kappa shape index (κ2) is 8.80. The van der Waals surface area contributed by atoms with Gasteiger partial charge in [0.1, 0.15) is 22.7 Å². The molecule has 1 aromatic carbocycles. The van der Waals surface area contributed by atoms with Crippen LogP contribution in [0.2, 0.25) is 0 Å². The maximum atomic E-state index is 16.0. The zero-order valence-corrected chi connectivity index (χ0v) is 21.7. The van der Waals surface area contributed by atoms with E-state index in [2.05, 4.69) is 4.98 Å². The van der Waals surface area contributed by atoms with Crippen molar-refractivity contribution in [1.82, 2.24) is 4.98 Å². The third-order valence-corrected chi connectivity index (χ3v) is 8.29. The van der Waals surface area contributed by atoms with Crippen LogP contribution in [0.1, 0.15) is 30.2 Å². The predicted octanol–water partition coefficient (Wildman–Crippen LogP) is 2.08. The van der Waals surface area contributed by atoms with Gasteiger partial charge in [-0.25, -0.2) is 4.39 Å². The largest absolute Gasteiger partial charge is 0.507 e. The van der Waals surface area contributed by atoms with E-state index in [1.54, 1.807) is 25.2 Å². The molecule has 0 aliphatic heterocycles. The van der Waals surface area contributed by atoms with Gasteiger partial charge in [0.15, 0.2) is 23.1 Å². The van der Waals surface area contributed by atoms with Crippen molar-refractivity contribution in [1.29, 1.82) is 0 Å². The molecule has 4 aliphatic rings. The molecule has 10 nitrogen and oxygen atoms in total. The molecular formula is C30H22FNO9. The van der Waals surface area contributed by atoms with Crippen LogP contribution >= 0.6 is 0 Å². The van der Waals surface area contributed by atoms with E-state index in [0.29, 0.717) is 0 Å². The number of fused-ring (bicyclic) bond motifs is 4. The van der Waals surface area contributed by atoms with Crippen molar-refractivity contribution in [3.05, 3.63) is 91.6 Å². The van der Waals surface area contributed by atoms with Crippen LogP contribution in [0.25, 0.3) is 16.8 Å². The van der Waals surface area contributed by atoms with Crippen LogP contribution in [0, 0.1) is 11.7 Å². The lowest BCUT2D eigenvalue weighted by molar-refractivity contribution is -0.129. The second-order valence-corrected chi connectivity index (χ2v) is 10.2. The van der Waals surface area contributed by atoms with E-state index in [0.717, 1.165) is 13.2 Å². The summed E-state index contributed by atoms with van der Waals surface area (Å²) in [6.45, 7) is 1.79. The number of nitrogens with one attached hydrogen (secondary N) is 1. The standard InChI is InChI=1S/C30H22FNO9/c1-3-4-5-6-11-9-13-16(29(40)32-11)26(37)21-12(22(13)31)7-8-30(21)27(38)19-20(28(30)39)25(36)18-17(24(19)35)14(33)10-15(41-2)23(18)34/h3-6,9-10,18,25,35-37H,7-8H2,1-2H3,(H,32,40)/b4-3+,6-5+. The molecule has 4 aliphatic carbocycles. The maximum absolute atomic E-state index is 16.0. The number of ether oxygens (including phenoxy) is 1. The van der Waals surface area contributed by atoms with Crippen molar-refractivity contribution < 1.29 is 43.6 Å². The fraction of sp³-hybridized carbons (Fsp3) is 0.233. The maximum Gasteiger partial charge on any atom is 0.260 e. The molecule has 0 bridgehead atoms. The van der Waals surface area contributed by atoms with Crippen LogP contribution < -0.4 is 5.56 Å². The molecule has 41 heavy (non-hydrogen) atoms. The van der Waals surface area contributed by atoms with Crippen LogP contribution in [0.15, 0.2) is 63.4 Å². The number of aromatic nitrogens is 1. The lowest BCUT2D eigenvalue weighted by Crippen LogP contribution is -2.43. The summed E-state index contributed by atoms with van der Waals surface area (Å²) < 4.78 is 20.9. The average molecular weight is 560 g/mol. The van der Waals surface area contributed by atoms with Crippen LogP contribution in [0.4, 0.5) is 4.39 Å². The van der Waals surface area contributed by atoms with Gasteiger partial charge in [0.25, 0.3) is 5.56 Å². The van der Waals surface area contributed by atoms with Crippen LogP contribution in [0.3, 0.4) is 0 Å². The third-order valence-electron chi connectivity index (χ3n) is 8.29. The Morgan fingerprint density at radius 2 is 1.83 bits per heavy atom. The number of H-pyrrole nitrogens is 1. The average Bonchev–Trinajstić information content (AvgIpc) is 3.45. The van der Waals surface area contributed by atoms with Gasteiger partial charge in [-0.05, 0) is 37.5 Å². The summed E-state index contributed by atoms with van der Waals surface area (Å²) in [5, 5.41) is 32.9. The van der Waals surface area contributed by atoms with Gasteiger partial charge in [0, 0.05) is 28.3 Å². The first kappa shape index (κ1) is 26.3. The Hall–Kier alpha value is -4.90. The van der Waals surface area contributed by atoms with Crippen LogP contribution in [-0.2, 0) is 35.8 Å². The Balaban J connectivity index is 1.56. The number of carbonyl (C=O) groups excluding carboxylic acids is 4. The SMILES string of the molecule is C/C=C/C=C/c1cc2c(F)c3c(c(O)c2c(=O)[nH]1)C1(CC3)C(=O)C2=C(C1=O)C(O)C1C(=O)C(OC)=CC(=O)C1=C2O. The zero-order chi connectivity index (χ0) is 29.5. The number of benzene rings is 1. The molecule has 0 saturated heterocycles. The Kier molecular flexibility index (Phi) is 5.65. The molecule has 1 aromatic heterocycles. The monoisotopic (exact) mass is 559 g/mol. The van der Waals surface area contributed by atoms with Gasteiger partial charge in [-0.1, -0.05) is 18.2 Å². The van der Waals surface area contributed by atoms with E-state index in [1.165, 1.54) is 12.1 Å². The number of pyridine rings is 1. The van der Waals surface area contributed by atoms with Gasteiger partial charge in [-0.15, -0.1) is 0 Å². The van der Waals surface area contributed by atoms with E-state index in [4.69, 9.17) is 4.74 Å². The van der Waals surface area contributed by atoms with E-state index in [9.17, 15) is 39.3 Å². The molecular weight excluding hydrogens is 537 g/mol. The number of aromatic amines is 1. The fourth-order valence-electron chi connectivity index (χ4n) is 6.51. The summed E-state index contributed by atoms with van der Waals surface area (Å²) in [5.74, 6) is -8.65. The number of Topliss-reactive ketones (excluding diaryl/α,β-unsaturated/α-hetero) is 3. The topological polar surface area (TPSA) is 171 Å². The predicted molar refractivity (Wildman–Crippen MR) is 141 cm³/mol. The van der Waals surface area contributed by atoms with Gasteiger partial charge in [0.2, 0.25) is 5.78 Å². The smallest absolute Gasteiger partial charge is 0.260 e. The summed E-state index contributed by atoms with van der Waals surface area (Å²) >= 11 is 0. The summed E-state index contributed by atoms with van der Waals surface area (Å²) in [6, 6.07) is 1.32. The first-order valence-corrected chi connectivity index (χ1v) is 12.7. The fourth-order valence-corrected chi connectivity index (χ4v) is 6.51. The third kappa shape index (κ3) is 3.17. The van der Waals surface area contributed by atoms with Crippen molar-refractivity contribution in [3.63, 3.8) is 0 Å². The van der Waals surface area contributed by atoms with Gasteiger partial charge in [-0.2, -0.15) is 0 Å². The highest BCUT2D eigenvalue weighted by molar-refractivity contribution is 6.36. The minimum Gasteiger partial charge on any atom is -0.507 e. The van der Waals surface area contributed by atoms with Crippen LogP contribution in [0.5, 0.6) is 5.75 Å². The Morgan fingerprint density at radius 3 is 2.51 bits per heavy atom. The van der Waals surface area contributed by atoms with E-state index in [1.807, 2.05) is 0 Å². The molecule has 3 unspecified atom stereocenters. The molecule has 1 heterocycles. The molecule has 1 spiro atoms. The van der Waals surface area contributed by atoms with Crippen molar-refractivity contribution in [3.8, 4) is 5.75 Å². The number of carbonyl (C=O) groups is 4. The number of methoxy groups -OCH3 is 1. The molecule has 0 saturated carbocycles. The van der Waals surface area contributed by atoms with E-state index in [-0.39, 0.29) is 29.5 Å². The van der Waals surface area contributed by atoms with Gasteiger partial charge < -0.3 is 25.0 Å². The number of phenols is 1. The minimum absolute atomic E-state index is 0.167. The molecule has 3 atom stereocenters. The summed E-state index contributed by atoms with van der Waals surface area (Å²) in [5.41, 5.74) is -5.37. The number of aromatic hydroxyl groups is 1. The first-order valence-electron chi connectivity index (χ1n) is 12.7. The molecule has 6 rings (SSSR count). The normalized spacial score (nSPS) is 25.7. The number of rotatable bonds is 3. The number of allylic oxidation sites excluding steroid dienone is 6. The number of aliphatic hydroxyl groups is 2. The zero-order valence-electron chi connectivity index (χ0n) is 21.7. The summed E-state index contributed by atoms with van der Waals surface area (Å²) in [7, 11) is 1.13. The number of hydrogen-bond acceptors (Lipinski definition) is 9. The highest BCUT2D eigenvalue weighted by Crippen LogP contribution is 2.56. The minimum atomic E-state index is -2.29. The second-order valence-electron chi connectivity index (χ2n) is 10.2. The highest BCUT2D eigenvalue weighted by atomic mass is 19.1. The van der Waals surface area contributed by atoms with E-state index < -0.39 is 96.9 Å². The number of halogens is 1. The van der Waals surface area contributed by atoms with E-state index >= 15 is 4.39 Å². The van der Waals surface area contributed by atoms with Crippen molar-refractivity contribution in [2.24, 2.45) is 5.92 Å². The number of ketones is 4. The molecule has 4 N–H and O–H groups in total. The first-order chi connectivity index (χ1) is 19.5. The lowest BCUT2D eigenvalue weighted by atomic mass is 9.73.